The number of benzene rings is 2. The molecule has 0 heterocycles. The van der Waals surface area contributed by atoms with E-state index in [2.05, 4.69) is 13.2 Å². The summed E-state index contributed by atoms with van der Waals surface area (Å²) >= 11 is 0. The average Bonchev–Trinajstić information content (AvgIpc) is 2.70. The molecule has 3 aromatic rings. The highest BCUT2D eigenvalue weighted by Crippen LogP contribution is 2.23. The first-order chi connectivity index (χ1) is 12.6. The molecule has 4 nitrogen and oxygen atoms in total. The summed E-state index contributed by atoms with van der Waals surface area (Å²) in [4.78, 5) is 23.5. The van der Waals surface area contributed by atoms with Crippen molar-refractivity contribution >= 4 is 12.2 Å². The molecule has 0 spiro atoms. The monoisotopic (exact) mass is 346 g/mol. The third kappa shape index (κ3) is 3.64. The van der Waals surface area contributed by atoms with E-state index in [4.69, 9.17) is 9.47 Å². The minimum Gasteiger partial charge on any atom is -0.481 e. The summed E-state index contributed by atoms with van der Waals surface area (Å²) in [5.74, 6) is -0.0176. The van der Waals surface area contributed by atoms with Crippen LogP contribution in [0.2, 0.25) is 0 Å². The van der Waals surface area contributed by atoms with Gasteiger partial charge in [0.2, 0.25) is 11.5 Å². The van der Waals surface area contributed by atoms with Crippen LogP contribution in [0.15, 0.2) is 71.3 Å². The van der Waals surface area contributed by atoms with Gasteiger partial charge in [0, 0.05) is 0 Å². The van der Waals surface area contributed by atoms with E-state index in [0.717, 1.165) is 22.3 Å². The van der Waals surface area contributed by atoms with Crippen molar-refractivity contribution < 1.29 is 9.47 Å². The van der Waals surface area contributed by atoms with Gasteiger partial charge in [0.1, 0.15) is 13.2 Å². The smallest absolute Gasteiger partial charge is 0.275 e. The van der Waals surface area contributed by atoms with Crippen LogP contribution in [0.25, 0.3) is 12.2 Å². The summed E-state index contributed by atoms with van der Waals surface area (Å²) in [5, 5.41) is 0. The topological polar surface area (TPSA) is 52.6 Å². The van der Waals surface area contributed by atoms with Gasteiger partial charge in [-0.3, -0.25) is 9.59 Å². The Morgan fingerprint density at radius 1 is 0.654 bits per heavy atom. The van der Waals surface area contributed by atoms with Crippen molar-refractivity contribution in [2.75, 3.05) is 0 Å². The quantitative estimate of drug-likeness (QED) is 0.583. The molecule has 0 radical (unpaired) electrons. The lowest BCUT2D eigenvalue weighted by Gasteiger charge is -2.13. The molecular weight excluding hydrogens is 328 g/mol. The minimum absolute atomic E-state index is 0.00879. The third-order valence-corrected chi connectivity index (χ3v) is 4.02. The van der Waals surface area contributed by atoms with Gasteiger partial charge in [0.15, 0.2) is 0 Å². The lowest BCUT2D eigenvalue weighted by atomic mass is 10.1. The van der Waals surface area contributed by atoms with Crippen molar-refractivity contribution in [2.24, 2.45) is 0 Å². The Balaban J connectivity index is 1.64. The standard InChI is InChI=1S/C22H18O4/c1-3-15-5-9-17(10-6-15)13-25-21-19(23)20(24)22(21)26-14-18-11-7-16(4-2)8-12-18/h3-12H,1-2,13-14H2. The summed E-state index contributed by atoms with van der Waals surface area (Å²) in [5.41, 5.74) is 2.46. The molecule has 0 aliphatic carbocycles. The minimum atomic E-state index is -0.648. The molecule has 0 aliphatic rings. The second-order valence-corrected chi connectivity index (χ2v) is 5.79. The molecule has 0 unspecified atom stereocenters. The van der Waals surface area contributed by atoms with Gasteiger partial charge in [-0.1, -0.05) is 73.8 Å². The predicted molar refractivity (Wildman–Crippen MR) is 103 cm³/mol. The molecule has 3 rings (SSSR count). The van der Waals surface area contributed by atoms with E-state index >= 15 is 0 Å². The molecule has 3 aromatic carbocycles. The molecule has 0 saturated carbocycles. The SMILES string of the molecule is C=Cc1ccc(COc2c(OCc3ccc(C=C)cc3)c(=O)c2=O)cc1. The number of hydrogen-bond donors (Lipinski definition) is 0. The van der Waals surface area contributed by atoms with Crippen LogP contribution in [-0.4, -0.2) is 0 Å². The molecule has 0 saturated heterocycles. The van der Waals surface area contributed by atoms with Crippen LogP contribution in [0.4, 0.5) is 0 Å². The molecule has 4 heteroatoms. The molecule has 0 fully saturated rings. The van der Waals surface area contributed by atoms with Crippen LogP contribution in [0.3, 0.4) is 0 Å². The fourth-order valence-corrected chi connectivity index (χ4v) is 2.42. The zero-order chi connectivity index (χ0) is 18.5. The van der Waals surface area contributed by atoms with Crippen molar-refractivity contribution in [3.8, 4) is 11.5 Å². The van der Waals surface area contributed by atoms with Gasteiger partial charge in [-0.15, -0.1) is 0 Å². The normalized spacial score (nSPS) is 10.5. The van der Waals surface area contributed by atoms with E-state index < -0.39 is 10.9 Å². The second kappa shape index (κ2) is 7.66. The van der Waals surface area contributed by atoms with Crippen molar-refractivity contribution in [2.45, 2.75) is 13.2 Å². The lowest BCUT2D eigenvalue weighted by Crippen LogP contribution is -2.34. The van der Waals surface area contributed by atoms with E-state index in [1.807, 2.05) is 48.5 Å². The van der Waals surface area contributed by atoms with E-state index in [1.54, 1.807) is 12.2 Å². The Hall–Kier alpha value is -3.40. The van der Waals surface area contributed by atoms with Gasteiger partial charge < -0.3 is 9.47 Å². The first-order valence-corrected chi connectivity index (χ1v) is 8.14. The Bertz CT molecular complexity index is 905. The maximum Gasteiger partial charge on any atom is 0.275 e. The van der Waals surface area contributed by atoms with E-state index in [0.29, 0.717) is 0 Å². The highest BCUT2D eigenvalue weighted by molar-refractivity contribution is 5.49. The van der Waals surface area contributed by atoms with Crippen LogP contribution in [-0.2, 0) is 13.2 Å². The average molecular weight is 346 g/mol. The van der Waals surface area contributed by atoms with Crippen molar-refractivity contribution in [1.82, 2.24) is 0 Å². The van der Waals surface area contributed by atoms with Gasteiger partial charge in [0.05, 0.1) is 0 Å². The largest absolute Gasteiger partial charge is 0.481 e. The summed E-state index contributed by atoms with van der Waals surface area (Å²) in [6, 6.07) is 15.1. The van der Waals surface area contributed by atoms with Crippen LogP contribution in [0, 0.1) is 0 Å². The first kappa shape index (κ1) is 17.4. The molecule has 0 aromatic heterocycles. The van der Waals surface area contributed by atoms with Crippen molar-refractivity contribution in [3.63, 3.8) is 0 Å². The van der Waals surface area contributed by atoms with Crippen LogP contribution < -0.4 is 20.3 Å². The van der Waals surface area contributed by atoms with Gasteiger partial charge in [-0.2, -0.15) is 0 Å². The molecule has 0 N–H and O–H groups in total. The molecule has 26 heavy (non-hydrogen) atoms. The number of ether oxygens (including phenoxy) is 2. The fraction of sp³-hybridized carbons (Fsp3) is 0.0909. The Morgan fingerprint density at radius 3 is 1.31 bits per heavy atom. The summed E-state index contributed by atoms with van der Waals surface area (Å²) in [6.07, 6.45) is 3.49. The summed E-state index contributed by atoms with van der Waals surface area (Å²) in [7, 11) is 0. The Morgan fingerprint density at radius 2 is 1.00 bits per heavy atom. The number of rotatable bonds is 8. The molecule has 0 bridgehead atoms. The van der Waals surface area contributed by atoms with Crippen molar-refractivity contribution in [3.05, 3.63) is 104 Å². The maximum atomic E-state index is 11.8. The zero-order valence-corrected chi connectivity index (χ0v) is 14.2. The lowest BCUT2D eigenvalue weighted by molar-refractivity contribution is 0.244. The molecule has 130 valence electrons. The zero-order valence-electron chi connectivity index (χ0n) is 14.2. The van der Waals surface area contributed by atoms with Gasteiger partial charge in [0.25, 0.3) is 10.9 Å². The van der Waals surface area contributed by atoms with E-state index in [1.165, 1.54) is 0 Å². The summed E-state index contributed by atoms with van der Waals surface area (Å²) < 4.78 is 11.0. The van der Waals surface area contributed by atoms with Crippen LogP contribution in [0.1, 0.15) is 22.3 Å². The molecular formula is C22H18O4. The van der Waals surface area contributed by atoms with E-state index in [9.17, 15) is 9.59 Å². The highest BCUT2D eigenvalue weighted by Gasteiger charge is 2.24. The Kier molecular flexibility index (Phi) is 5.13. The fourth-order valence-electron chi connectivity index (χ4n) is 2.42. The van der Waals surface area contributed by atoms with E-state index in [-0.39, 0.29) is 24.7 Å². The molecule has 0 amide bonds. The van der Waals surface area contributed by atoms with Crippen LogP contribution in [0.5, 0.6) is 11.5 Å². The van der Waals surface area contributed by atoms with Crippen LogP contribution >= 0.6 is 0 Å². The first-order valence-electron chi connectivity index (χ1n) is 8.14. The van der Waals surface area contributed by atoms with Gasteiger partial charge >= 0.3 is 0 Å². The molecule has 0 aliphatic heterocycles. The number of hydrogen-bond acceptors (Lipinski definition) is 4. The van der Waals surface area contributed by atoms with Crippen molar-refractivity contribution in [1.29, 1.82) is 0 Å². The molecule has 0 atom stereocenters. The van der Waals surface area contributed by atoms with Gasteiger partial charge in [-0.25, -0.2) is 0 Å². The van der Waals surface area contributed by atoms with Gasteiger partial charge in [-0.05, 0) is 22.3 Å². The maximum absolute atomic E-state index is 11.8. The Labute approximate surface area is 151 Å². The highest BCUT2D eigenvalue weighted by atomic mass is 16.5. The predicted octanol–water partition coefficient (Wildman–Crippen LogP) is 3.73. The third-order valence-electron chi connectivity index (χ3n) is 4.02. The summed E-state index contributed by atoms with van der Waals surface area (Å²) in [6.45, 7) is 7.77. The second-order valence-electron chi connectivity index (χ2n) is 5.79.